The van der Waals surface area contributed by atoms with Crippen LogP contribution in [0.2, 0.25) is 0 Å². The van der Waals surface area contributed by atoms with Crippen LogP contribution in [-0.2, 0) is 0 Å². The first-order valence-corrected chi connectivity index (χ1v) is 3.83. The molecule has 0 aliphatic carbocycles. The highest BCUT2D eigenvalue weighted by Crippen LogP contribution is 2.21. The van der Waals surface area contributed by atoms with Crippen molar-refractivity contribution < 1.29 is 0 Å². The van der Waals surface area contributed by atoms with Crippen molar-refractivity contribution in [3.8, 4) is 0 Å². The monoisotopic (exact) mass is 125 g/mol. The minimum atomic E-state index is 0.819. The molecular formula is C8H15N. The van der Waals surface area contributed by atoms with Crippen LogP contribution in [0.4, 0.5) is 0 Å². The molecule has 0 amide bonds. The van der Waals surface area contributed by atoms with Crippen molar-refractivity contribution in [3.05, 3.63) is 0 Å². The fourth-order valence-electron chi connectivity index (χ4n) is 1.40. The van der Waals surface area contributed by atoms with Crippen LogP contribution in [0.15, 0.2) is 4.99 Å². The second-order valence-corrected chi connectivity index (χ2v) is 2.93. The van der Waals surface area contributed by atoms with E-state index in [1.54, 1.807) is 0 Å². The second-order valence-electron chi connectivity index (χ2n) is 2.93. The van der Waals surface area contributed by atoms with Crippen molar-refractivity contribution in [3.63, 3.8) is 0 Å². The molecule has 0 fully saturated rings. The molecule has 52 valence electrons. The first-order valence-electron chi connectivity index (χ1n) is 3.83. The summed E-state index contributed by atoms with van der Waals surface area (Å²) >= 11 is 0. The van der Waals surface area contributed by atoms with Crippen molar-refractivity contribution >= 4 is 6.21 Å². The Labute approximate surface area is 57.2 Å². The van der Waals surface area contributed by atoms with Gasteiger partial charge in [0, 0.05) is 6.54 Å². The fraction of sp³-hybridized carbons (Fsp3) is 0.875. The summed E-state index contributed by atoms with van der Waals surface area (Å²) in [5, 5.41) is 0. The molecule has 0 saturated carbocycles. The number of hydrogen-bond donors (Lipinski definition) is 0. The van der Waals surface area contributed by atoms with Gasteiger partial charge in [0.05, 0.1) is 0 Å². The predicted octanol–water partition coefficient (Wildman–Crippen LogP) is 2.12. The third kappa shape index (κ3) is 1.54. The van der Waals surface area contributed by atoms with Gasteiger partial charge in [-0.15, -0.1) is 0 Å². The normalized spacial score (nSPS) is 34.9. The zero-order valence-corrected chi connectivity index (χ0v) is 6.30. The molecule has 1 rings (SSSR count). The van der Waals surface area contributed by atoms with Gasteiger partial charge >= 0.3 is 0 Å². The van der Waals surface area contributed by atoms with E-state index in [-0.39, 0.29) is 0 Å². The summed E-state index contributed by atoms with van der Waals surface area (Å²) < 4.78 is 0. The molecule has 9 heavy (non-hydrogen) atoms. The quantitative estimate of drug-likeness (QED) is 0.509. The highest BCUT2D eigenvalue weighted by atomic mass is 14.7. The molecule has 0 saturated heterocycles. The van der Waals surface area contributed by atoms with Crippen LogP contribution in [0.5, 0.6) is 0 Å². The van der Waals surface area contributed by atoms with E-state index in [1.165, 1.54) is 12.8 Å². The lowest BCUT2D eigenvalue weighted by atomic mass is 9.87. The minimum absolute atomic E-state index is 0.819. The Hall–Kier alpha value is -0.330. The number of aliphatic imine (C=N–C) groups is 1. The Kier molecular flexibility index (Phi) is 2.26. The van der Waals surface area contributed by atoms with E-state index in [0.29, 0.717) is 0 Å². The van der Waals surface area contributed by atoms with Gasteiger partial charge in [-0.1, -0.05) is 20.3 Å². The first-order chi connectivity index (χ1) is 4.34. The number of hydrogen-bond acceptors (Lipinski definition) is 1. The van der Waals surface area contributed by atoms with Gasteiger partial charge < -0.3 is 0 Å². The highest BCUT2D eigenvalue weighted by molar-refractivity contribution is 5.58. The predicted molar refractivity (Wildman–Crippen MR) is 40.9 cm³/mol. The van der Waals surface area contributed by atoms with Gasteiger partial charge in [-0.3, -0.25) is 4.99 Å². The highest BCUT2D eigenvalue weighted by Gasteiger charge is 2.15. The van der Waals surface area contributed by atoms with Crippen LogP contribution in [-0.4, -0.2) is 12.8 Å². The van der Waals surface area contributed by atoms with E-state index in [9.17, 15) is 0 Å². The summed E-state index contributed by atoms with van der Waals surface area (Å²) in [4.78, 5) is 4.23. The van der Waals surface area contributed by atoms with Crippen molar-refractivity contribution in [2.75, 3.05) is 6.54 Å². The largest absolute Gasteiger partial charge is 0.297 e. The van der Waals surface area contributed by atoms with Gasteiger partial charge in [0.2, 0.25) is 0 Å². The third-order valence-electron chi connectivity index (χ3n) is 2.26. The minimum Gasteiger partial charge on any atom is -0.297 e. The van der Waals surface area contributed by atoms with Crippen LogP contribution < -0.4 is 0 Å². The summed E-state index contributed by atoms with van der Waals surface area (Å²) in [7, 11) is 0. The molecule has 0 bridgehead atoms. The van der Waals surface area contributed by atoms with E-state index in [4.69, 9.17) is 0 Å². The number of nitrogens with zero attached hydrogens (tertiary/aromatic N) is 1. The average molecular weight is 125 g/mol. The Morgan fingerprint density at radius 3 is 2.89 bits per heavy atom. The van der Waals surface area contributed by atoms with Crippen molar-refractivity contribution in [1.29, 1.82) is 0 Å². The van der Waals surface area contributed by atoms with Gasteiger partial charge in [0.1, 0.15) is 0 Å². The summed E-state index contributed by atoms with van der Waals surface area (Å²) in [6.07, 6.45) is 4.60. The van der Waals surface area contributed by atoms with Crippen molar-refractivity contribution in [1.82, 2.24) is 0 Å². The standard InChI is InChI=1S/C8H15N/c1-3-8-4-5-9-6-7(8)2/h5,7-8H,3-4,6H2,1-2H3. The molecule has 0 N–H and O–H groups in total. The van der Waals surface area contributed by atoms with Crippen molar-refractivity contribution in [2.24, 2.45) is 16.8 Å². The van der Waals surface area contributed by atoms with E-state index >= 15 is 0 Å². The molecule has 1 aliphatic heterocycles. The molecule has 0 radical (unpaired) electrons. The Bertz CT molecular complexity index is 107. The lowest BCUT2D eigenvalue weighted by molar-refractivity contribution is 0.356. The molecule has 0 aromatic heterocycles. The van der Waals surface area contributed by atoms with Crippen molar-refractivity contribution in [2.45, 2.75) is 26.7 Å². The summed E-state index contributed by atoms with van der Waals surface area (Å²) in [6, 6.07) is 0. The third-order valence-corrected chi connectivity index (χ3v) is 2.26. The van der Waals surface area contributed by atoms with E-state index in [0.717, 1.165) is 18.4 Å². The molecule has 0 aromatic rings. The molecule has 1 heterocycles. The molecule has 1 heteroatoms. The van der Waals surface area contributed by atoms with E-state index in [2.05, 4.69) is 25.1 Å². The Morgan fingerprint density at radius 2 is 2.44 bits per heavy atom. The zero-order valence-electron chi connectivity index (χ0n) is 6.30. The van der Waals surface area contributed by atoms with Crippen LogP contribution in [0, 0.1) is 11.8 Å². The van der Waals surface area contributed by atoms with Gasteiger partial charge in [-0.2, -0.15) is 0 Å². The summed E-state index contributed by atoms with van der Waals surface area (Å²) in [5.74, 6) is 1.72. The Morgan fingerprint density at radius 1 is 1.67 bits per heavy atom. The summed E-state index contributed by atoms with van der Waals surface area (Å²) in [5.41, 5.74) is 0. The maximum Gasteiger partial charge on any atom is 0.0413 e. The first kappa shape index (κ1) is 6.79. The second kappa shape index (κ2) is 3.00. The maximum atomic E-state index is 4.23. The van der Waals surface area contributed by atoms with Gasteiger partial charge in [0.15, 0.2) is 0 Å². The Balaban J connectivity index is 2.43. The average Bonchev–Trinajstić information content (AvgIpc) is 1.89. The van der Waals surface area contributed by atoms with Gasteiger partial charge in [-0.05, 0) is 24.5 Å². The van der Waals surface area contributed by atoms with Crippen LogP contribution in [0.1, 0.15) is 26.7 Å². The SMILES string of the molecule is CCC1CC=NCC1C. The fourth-order valence-corrected chi connectivity index (χ4v) is 1.40. The maximum absolute atomic E-state index is 4.23. The molecule has 1 nitrogen and oxygen atoms in total. The lowest BCUT2D eigenvalue weighted by Gasteiger charge is -2.22. The van der Waals surface area contributed by atoms with Crippen LogP contribution in [0.3, 0.4) is 0 Å². The van der Waals surface area contributed by atoms with Gasteiger partial charge in [0.25, 0.3) is 0 Å². The van der Waals surface area contributed by atoms with Crippen LogP contribution in [0.25, 0.3) is 0 Å². The van der Waals surface area contributed by atoms with Gasteiger partial charge in [-0.25, -0.2) is 0 Å². The molecule has 2 atom stereocenters. The summed E-state index contributed by atoms with van der Waals surface area (Å²) in [6.45, 7) is 5.61. The molecular weight excluding hydrogens is 110 g/mol. The van der Waals surface area contributed by atoms with E-state index < -0.39 is 0 Å². The molecule has 1 aliphatic rings. The van der Waals surface area contributed by atoms with E-state index in [1.807, 2.05) is 0 Å². The molecule has 0 spiro atoms. The molecule has 0 aromatic carbocycles. The topological polar surface area (TPSA) is 12.4 Å². The zero-order chi connectivity index (χ0) is 6.69. The lowest BCUT2D eigenvalue weighted by Crippen LogP contribution is -2.18. The number of rotatable bonds is 1. The molecule has 2 unspecified atom stereocenters. The van der Waals surface area contributed by atoms with Crippen LogP contribution >= 0.6 is 0 Å². The smallest absolute Gasteiger partial charge is 0.0413 e.